The second-order valence-electron chi connectivity index (χ2n) is 4.67. The van der Waals surface area contributed by atoms with E-state index in [0.29, 0.717) is 22.3 Å². The van der Waals surface area contributed by atoms with E-state index in [4.69, 9.17) is 19.7 Å². The highest BCUT2D eigenvalue weighted by atomic mass is 19.4. The number of ether oxygens (including phenoxy) is 1. The molecule has 25 heavy (non-hydrogen) atoms. The van der Waals surface area contributed by atoms with Gasteiger partial charge in [0.1, 0.15) is 17.9 Å². The molecule has 8 nitrogen and oxygen atoms in total. The summed E-state index contributed by atoms with van der Waals surface area (Å²) in [5.41, 5.74) is 0.904. The van der Waals surface area contributed by atoms with Crippen molar-refractivity contribution in [1.82, 2.24) is 9.55 Å². The summed E-state index contributed by atoms with van der Waals surface area (Å²) in [5, 5.41) is 16.5. The summed E-state index contributed by atoms with van der Waals surface area (Å²) in [6.07, 6.45) is -2.09. The first-order chi connectivity index (χ1) is 11.5. The Morgan fingerprint density at radius 1 is 1.28 bits per heavy atom. The molecule has 2 N–H and O–H groups in total. The van der Waals surface area contributed by atoms with Gasteiger partial charge in [0.25, 0.3) is 0 Å². The largest absolute Gasteiger partial charge is 0.495 e. The SMILES string of the molecule is COc1cnc2c(c1)c(C(C)=O)cn2CC(=O)O.O=C(O)C(F)(F)F. The van der Waals surface area contributed by atoms with Crippen LogP contribution in [0.2, 0.25) is 0 Å². The normalized spacial score (nSPS) is 10.8. The van der Waals surface area contributed by atoms with E-state index >= 15 is 0 Å². The van der Waals surface area contributed by atoms with Crippen molar-refractivity contribution in [1.29, 1.82) is 0 Å². The highest BCUT2D eigenvalue weighted by Gasteiger charge is 2.38. The zero-order valence-corrected chi connectivity index (χ0v) is 13.0. The van der Waals surface area contributed by atoms with Gasteiger partial charge in [-0.2, -0.15) is 13.2 Å². The Hall–Kier alpha value is -3.11. The second-order valence-corrected chi connectivity index (χ2v) is 4.67. The van der Waals surface area contributed by atoms with Crippen LogP contribution in [0.4, 0.5) is 13.2 Å². The van der Waals surface area contributed by atoms with E-state index in [0.717, 1.165) is 0 Å². The maximum absolute atomic E-state index is 11.5. The number of carbonyl (C=O) groups excluding carboxylic acids is 1. The van der Waals surface area contributed by atoms with Crippen molar-refractivity contribution in [3.05, 3.63) is 24.0 Å². The average Bonchev–Trinajstić information content (AvgIpc) is 2.84. The molecule has 2 aromatic rings. The minimum atomic E-state index is -5.08. The van der Waals surface area contributed by atoms with E-state index in [1.54, 1.807) is 6.07 Å². The van der Waals surface area contributed by atoms with Gasteiger partial charge < -0.3 is 19.5 Å². The number of aromatic nitrogens is 2. The molecule has 0 aliphatic heterocycles. The number of fused-ring (bicyclic) bond motifs is 1. The van der Waals surface area contributed by atoms with Gasteiger partial charge in [-0.15, -0.1) is 0 Å². The number of aliphatic carboxylic acids is 2. The van der Waals surface area contributed by atoms with Gasteiger partial charge in [0.15, 0.2) is 5.78 Å². The predicted molar refractivity (Wildman–Crippen MR) is 77.6 cm³/mol. The molecule has 136 valence electrons. The Kier molecular flexibility index (Phi) is 6.09. The van der Waals surface area contributed by atoms with Crippen molar-refractivity contribution in [2.45, 2.75) is 19.6 Å². The molecular weight excluding hydrogens is 349 g/mol. The quantitative estimate of drug-likeness (QED) is 0.798. The molecule has 0 atom stereocenters. The number of halogens is 3. The van der Waals surface area contributed by atoms with Crippen LogP contribution in [0, 0.1) is 0 Å². The first-order valence-corrected chi connectivity index (χ1v) is 6.53. The van der Waals surface area contributed by atoms with Crippen LogP contribution in [0.25, 0.3) is 11.0 Å². The predicted octanol–water partition coefficient (Wildman–Crippen LogP) is 1.97. The first-order valence-electron chi connectivity index (χ1n) is 6.53. The minimum Gasteiger partial charge on any atom is -0.495 e. The number of rotatable bonds is 4. The lowest BCUT2D eigenvalue weighted by Gasteiger charge is -2.01. The summed E-state index contributed by atoms with van der Waals surface area (Å²) in [6.45, 7) is 1.20. The van der Waals surface area contributed by atoms with Gasteiger partial charge in [-0.05, 0) is 13.0 Å². The summed E-state index contributed by atoms with van der Waals surface area (Å²) < 4.78 is 38.2. The Morgan fingerprint density at radius 2 is 1.84 bits per heavy atom. The number of carboxylic acids is 2. The van der Waals surface area contributed by atoms with Gasteiger partial charge in [-0.25, -0.2) is 9.78 Å². The summed E-state index contributed by atoms with van der Waals surface area (Å²) in [7, 11) is 1.50. The van der Waals surface area contributed by atoms with Crippen LogP contribution in [0.5, 0.6) is 5.75 Å². The Morgan fingerprint density at radius 3 is 2.24 bits per heavy atom. The van der Waals surface area contributed by atoms with E-state index in [2.05, 4.69) is 4.98 Å². The monoisotopic (exact) mass is 362 g/mol. The van der Waals surface area contributed by atoms with E-state index in [1.807, 2.05) is 0 Å². The van der Waals surface area contributed by atoms with Crippen LogP contribution in [0.15, 0.2) is 18.5 Å². The molecule has 0 radical (unpaired) electrons. The number of nitrogens with zero attached hydrogens (tertiary/aromatic N) is 2. The lowest BCUT2D eigenvalue weighted by atomic mass is 10.1. The molecule has 2 aromatic heterocycles. The number of methoxy groups -OCH3 is 1. The second kappa shape index (κ2) is 7.64. The molecule has 0 fully saturated rings. The minimum absolute atomic E-state index is 0.140. The zero-order valence-electron chi connectivity index (χ0n) is 13.0. The lowest BCUT2D eigenvalue weighted by Crippen LogP contribution is -2.21. The number of alkyl halides is 3. The molecule has 0 saturated carbocycles. The van der Waals surface area contributed by atoms with Crippen LogP contribution in [-0.2, 0) is 16.1 Å². The van der Waals surface area contributed by atoms with Crippen LogP contribution >= 0.6 is 0 Å². The highest BCUT2D eigenvalue weighted by molar-refractivity contribution is 6.06. The highest BCUT2D eigenvalue weighted by Crippen LogP contribution is 2.24. The third-order valence-corrected chi connectivity index (χ3v) is 2.85. The van der Waals surface area contributed by atoms with E-state index < -0.39 is 18.1 Å². The Labute approximate surface area is 138 Å². The van der Waals surface area contributed by atoms with Crippen LogP contribution in [0.3, 0.4) is 0 Å². The van der Waals surface area contributed by atoms with Gasteiger partial charge in [0.2, 0.25) is 0 Å². The topological polar surface area (TPSA) is 119 Å². The Balaban J connectivity index is 0.000000381. The van der Waals surface area contributed by atoms with Gasteiger partial charge in [-0.1, -0.05) is 0 Å². The number of Topliss-reactive ketones (excluding diaryl/α,β-unsaturated/α-hetero) is 1. The standard InChI is InChI=1S/C12H12N2O4.C2HF3O2/c1-7(15)10-5-14(6-11(16)17)12-9(10)3-8(18-2)4-13-12;3-2(4,5)1(6)7/h3-5H,6H2,1-2H3,(H,16,17);(H,6,7). The molecule has 0 spiro atoms. The number of ketones is 1. The lowest BCUT2D eigenvalue weighted by molar-refractivity contribution is -0.192. The summed E-state index contributed by atoms with van der Waals surface area (Å²) in [4.78, 5) is 35.3. The first kappa shape index (κ1) is 19.9. The number of pyridine rings is 1. The maximum Gasteiger partial charge on any atom is 0.490 e. The molecule has 0 aliphatic rings. The Bertz CT molecular complexity index is 813. The third-order valence-electron chi connectivity index (χ3n) is 2.85. The van der Waals surface area contributed by atoms with Crippen LogP contribution in [-0.4, -0.2) is 50.8 Å². The van der Waals surface area contributed by atoms with Crippen LogP contribution in [0.1, 0.15) is 17.3 Å². The number of carbonyl (C=O) groups is 3. The molecule has 0 amide bonds. The van der Waals surface area contributed by atoms with Crippen molar-refractivity contribution in [3.63, 3.8) is 0 Å². The zero-order chi connectivity index (χ0) is 19.4. The number of hydrogen-bond donors (Lipinski definition) is 2. The van der Waals surface area contributed by atoms with E-state index in [-0.39, 0.29) is 12.3 Å². The number of hydrogen-bond acceptors (Lipinski definition) is 5. The maximum atomic E-state index is 11.5. The molecule has 0 aromatic carbocycles. The molecular formula is C14H13F3N2O6. The van der Waals surface area contributed by atoms with Crippen LogP contribution < -0.4 is 4.74 Å². The fourth-order valence-electron chi connectivity index (χ4n) is 1.81. The molecule has 0 aliphatic carbocycles. The van der Waals surface area contributed by atoms with Crippen molar-refractivity contribution in [2.75, 3.05) is 7.11 Å². The van der Waals surface area contributed by atoms with Crippen molar-refractivity contribution in [3.8, 4) is 5.75 Å². The van der Waals surface area contributed by atoms with Crippen molar-refractivity contribution < 1.29 is 42.5 Å². The van der Waals surface area contributed by atoms with Crippen molar-refractivity contribution >= 4 is 28.8 Å². The molecule has 2 heterocycles. The molecule has 0 bridgehead atoms. The summed E-state index contributed by atoms with van der Waals surface area (Å²) in [6, 6.07) is 1.68. The van der Waals surface area contributed by atoms with Gasteiger partial charge in [0.05, 0.1) is 13.3 Å². The molecule has 0 unspecified atom stereocenters. The van der Waals surface area contributed by atoms with Gasteiger partial charge in [-0.3, -0.25) is 9.59 Å². The van der Waals surface area contributed by atoms with Gasteiger partial charge in [0, 0.05) is 17.1 Å². The number of carboxylic acid groups (broad SMARTS) is 2. The van der Waals surface area contributed by atoms with Crippen molar-refractivity contribution in [2.24, 2.45) is 0 Å². The molecule has 11 heteroatoms. The third kappa shape index (κ3) is 5.19. The molecule has 2 rings (SSSR count). The smallest absolute Gasteiger partial charge is 0.490 e. The fourth-order valence-corrected chi connectivity index (χ4v) is 1.81. The fraction of sp³-hybridized carbons (Fsp3) is 0.286. The van der Waals surface area contributed by atoms with E-state index in [1.165, 1.54) is 31.0 Å². The molecule has 0 saturated heterocycles. The van der Waals surface area contributed by atoms with E-state index in [9.17, 15) is 22.8 Å². The summed E-state index contributed by atoms with van der Waals surface area (Å²) >= 11 is 0. The summed E-state index contributed by atoms with van der Waals surface area (Å²) in [5.74, 6) is -3.36. The average molecular weight is 362 g/mol. The van der Waals surface area contributed by atoms with Gasteiger partial charge >= 0.3 is 18.1 Å².